The first kappa shape index (κ1) is 19.7. The molecule has 0 saturated carbocycles. The molecule has 0 unspecified atom stereocenters. The van der Waals surface area contributed by atoms with Crippen LogP contribution in [0, 0.1) is 0 Å². The standard InChI is InChI=1S/C16H23N5S.HI/c1-17-16(18-10-9-14-7-5-11-22-14)19-12-13-6-4-8-15(20-13)21(2)3;/h4-8,11H,9-10,12H2,1-3H3,(H2,17,18,19);1H. The molecule has 126 valence electrons. The van der Waals surface area contributed by atoms with Gasteiger partial charge in [0.25, 0.3) is 0 Å². The van der Waals surface area contributed by atoms with Crippen molar-refractivity contribution in [2.45, 2.75) is 13.0 Å². The van der Waals surface area contributed by atoms with Crippen molar-refractivity contribution < 1.29 is 0 Å². The Balaban J connectivity index is 0.00000264. The van der Waals surface area contributed by atoms with Gasteiger partial charge in [-0.05, 0) is 30.0 Å². The van der Waals surface area contributed by atoms with E-state index in [2.05, 4.69) is 38.1 Å². The van der Waals surface area contributed by atoms with E-state index in [1.165, 1.54) is 4.88 Å². The molecular weight excluding hydrogens is 421 g/mol. The third-order valence-electron chi connectivity index (χ3n) is 3.15. The van der Waals surface area contributed by atoms with E-state index in [0.717, 1.165) is 30.4 Å². The van der Waals surface area contributed by atoms with Crippen molar-refractivity contribution >= 4 is 47.1 Å². The molecule has 0 fully saturated rings. The van der Waals surface area contributed by atoms with Crippen LogP contribution >= 0.6 is 35.3 Å². The van der Waals surface area contributed by atoms with E-state index >= 15 is 0 Å². The van der Waals surface area contributed by atoms with Gasteiger partial charge in [0.15, 0.2) is 5.96 Å². The predicted octanol–water partition coefficient (Wildman–Crippen LogP) is 2.73. The van der Waals surface area contributed by atoms with Crippen LogP contribution in [0.4, 0.5) is 5.82 Å². The second-order valence-electron chi connectivity index (χ2n) is 5.06. The molecular formula is C16H24IN5S. The van der Waals surface area contributed by atoms with Gasteiger partial charge in [0, 0.05) is 32.6 Å². The molecule has 0 aliphatic heterocycles. The summed E-state index contributed by atoms with van der Waals surface area (Å²) in [4.78, 5) is 12.2. The number of anilines is 1. The van der Waals surface area contributed by atoms with Crippen LogP contribution in [0.25, 0.3) is 0 Å². The molecule has 0 spiro atoms. The molecule has 0 amide bonds. The summed E-state index contributed by atoms with van der Waals surface area (Å²) in [5.74, 6) is 1.76. The number of hydrogen-bond acceptors (Lipinski definition) is 4. The van der Waals surface area contributed by atoms with Gasteiger partial charge in [0.2, 0.25) is 0 Å². The van der Waals surface area contributed by atoms with Crippen LogP contribution in [0.15, 0.2) is 40.7 Å². The van der Waals surface area contributed by atoms with Gasteiger partial charge >= 0.3 is 0 Å². The third-order valence-corrected chi connectivity index (χ3v) is 4.09. The molecule has 0 radical (unpaired) electrons. The molecule has 0 aliphatic carbocycles. The van der Waals surface area contributed by atoms with Crippen molar-refractivity contribution in [2.75, 3.05) is 32.6 Å². The molecule has 2 rings (SSSR count). The first-order valence-electron chi connectivity index (χ1n) is 7.29. The Hall–Kier alpha value is -1.35. The van der Waals surface area contributed by atoms with Gasteiger partial charge in [-0.25, -0.2) is 4.98 Å². The Morgan fingerprint density at radius 1 is 1.22 bits per heavy atom. The van der Waals surface area contributed by atoms with Crippen molar-refractivity contribution in [3.8, 4) is 0 Å². The second kappa shape index (κ2) is 10.4. The maximum Gasteiger partial charge on any atom is 0.191 e. The number of hydrogen-bond donors (Lipinski definition) is 2. The van der Waals surface area contributed by atoms with Gasteiger partial charge in [-0.15, -0.1) is 35.3 Å². The topological polar surface area (TPSA) is 52.6 Å². The lowest BCUT2D eigenvalue weighted by atomic mass is 10.3. The molecule has 2 N–H and O–H groups in total. The number of rotatable bonds is 6. The largest absolute Gasteiger partial charge is 0.363 e. The quantitative estimate of drug-likeness (QED) is 0.408. The Morgan fingerprint density at radius 2 is 2.04 bits per heavy atom. The average Bonchev–Trinajstić information content (AvgIpc) is 3.04. The third kappa shape index (κ3) is 6.74. The Morgan fingerprint density at radius 3 is 2.70 bits per heavy atom. The fourth-order valence-corrected chi connectivity index (χ4v) is 2.68. The maximum absolute atomic E-state index is 4.58. The maximum atomic E-state index is 4.58. The highest BCUT2D eigenvalue weighted by atomic mass is 127. The fraction of sp³-hybridized carbons (Fsp3) is 0.375. The van der Waals surface area contributed by atoms with E-state index < -0.39 is 0 Å². The Bertz CT molecular complexity index is 598. The van der Waals surface area contributed by atoms with Crippen molar-refractivity contribution in [3.05, 3.63) is 46.3 Å². The number of guanidine groups is 1. The van der Waals surface area contributed by atoms with Crippen molar-refractivity contribution in [2.24, 2.45) is 4.99 Å². The molecule has 0 bridgehead atoms. The molecule has 2 aromatic heterocycles. The monoisotopic (exact) mass is 445 g/mol. The van der Waals surface area contributed by atoms with Crippen LogP contribution in [-0.4, -0.2) is 38.6 Å². The van der Waals surface area contributed by atoms with Crippen LogP contribution in [-0.2, 0) is 13.0 Å². The molecule has 23 heavy (non-hydrogen) atoms. The summed E-state index contributed by atoms with van der Waals surface area (Å²) in [5.41, 5.74) is 0.993. The molecule has 0 saturated heterocycles. The van der Waals surface area contributed by atoms with Gasteiger partial charge < -0.3 is 15.5 Å². The SMILES string of the molecule is CN=C(NCCc1cccs1)NCc1cccc(N(C)C)n1.I. The summed E-state index contributed by atoms with van der Waals surface area (Å²) in [6.07, 6.45) is 1.01. The summed E-state index contributed by atoms with van der Waals surface area (Å²) in [7, 11) is 5.76. The minimum atomic E-state index is 0. The number of aliphatic imine (C=N–C) groups is 1. The number of pyridine rings is 1. The Kier molecular flexibility index (Phi) is 8.93. The molecule has 2 aromatic rings. The minimum absolute atomic E-state index is 0. The number of aromatic nitrogens is 1. The lowest BCUT2D eigenvalue weighted by Gasteiger charge is -2.14. The van der Waals surface area contributed by atoms with Gasteiger partial charge in [0.1, 0.15) is 5.82 Å². The van der Waals surface area contributed by atoms with E-state index in [4.69, 9.17) is 0 Å². The molecule has 5 nitrogen and oxygen atoms in total. The number of nitrogens with one attached hydrogen (secondary N) is 2. The van der Waals surface area contributed by atoms with Gasteiger partial charge in [0.05, 0.1) is 12.2 Å². The smallest absolute Gasteiger partial charge is 0.191 e. The van der Waals surface area contributed by atoms with E-state index in [-0.39, 0.29) is 24.0 Å². The normalized spacial score (nSPS) is 10.8. The summed E-state index contributed by atoms with van der Waals surface area (Å²) < 4.78 is 0. The van der Waals surface area contributed by atoms with Crippen LogP contribution in [0.5, 0.6) is 0 Å². The lowest BCUT2D eigenvalue weighted by Crippen LogP contribution is -2.38. The number of halogens is 1. The van der Waals surface area contributed by atoms with Gasteiger partial charge in [-0.1, -0.05) is 12.1 Å². The van der Waals surface area contributed by atoms with Crippen LogP contribution in [0.2, 0.25) is 0 Å². The van der Waals surface area contributed by atoms with Crippen molar-refractivity contribution in [1.29, 1.82) is 0 Å². The first-order chi connectivity index (χ1) is 10.7. The Labute approximate surface area is 159 Å². The highest BCUT2D eigenvalue weighted by Gasteiger charge is 2.02. The second-order valence-corrected chi connectivity index (χ2v) is 6.10. The summed E-state index contributed by atoms with van der Waals surface area (Å²) >= 11 is 1.78. The molecule has 0 aliphatic rings. The van der Waals surface area contributed by atoms with Crippen LogP contribution in [0.1, 0.15) is 10.6 Å². The highest BCUT2D eigenvalue weighted by molar-refractivity contribution is 14.0. The summed E-state index contributed by atoms with van der Waals surface area (Å²) in [6, 6.07) is 10.3. The van der Waals surface area contributed by atoms with E-state index in [1.54, 1.807) is 18.4 Å². The van der Waals surface area contributed by atoms with Crippen molar-refractivity contribution in [1.82, 2.24) is 15.6 Å². The number of thiophene rings is 1. The van der Waals surface area contributed by atoms with E-state index in [1.807, 2.05) is 37.2 Å². The summed E-state index contributed by atoms with van der Waals surface area (Å²) in [5, 5.41) is 8.72. The van der Waals surface area contributed by atoms with Crippen LogP contribution < -0.4 is 15.5 Å². The lowest BCUT2D eigenvalue weighted by molar-refractivity contribution is 0.786. The van der Waals surface area contributed by atoms with E-state index in [0.29, 0.717) is 6.54 Å². The molecule has 2 heterocycles. The molecule has 0 aromatic carbocycles. The zero-order chi connectivity index (χ0) is 15.8. The molecule has 0 atom stereocenters. The predicted molar refractivity (Wildman–Crippen MR) is 110 cm³/mol. The fourth-order valence-electron chi connectivity index (χ4n) is 1.97. The van der Waals surface area contributed by atoms with Gasteiger partial charge in [-0.2, -0.15) is 0 Å². The minimum Gasteiger partial charge on any atom is -0.363 e. The zero-order valence-electron chi connectivity index (χ0n) is 13.7. The van der Waals surface area contributed by atoms with E-state index in [9.17, 15) is 0 Å². The highest BCUT2D eigenvalue weighted by Crippen LogP contribution is 2.08. The zero-order valence-corrected chi connectivity index (χ0v) is 16.9. The van der Waals surface area contributed by atoms with Gasteiger partial charge in [-0.3, -0.25) is 4.99 Å². The molecule has 7 heteroatoms. The average molecular weight is 445 g/mol. The number of nitrogens with zero attached hydrogens (tertiary/aromatic N) is 3. The summed E-state index contributed by atoms with van der Waals surface area (Å²) in [6.45, 7) is 1.52. The van der Waals surface area contributed by atoms with Crippen LogP contribution in [0.3, 0.4) is 0 Å². The first-order valence-corrected chi connectivity index (χ1v) is 8.17. The van der Waals surface area contributed by atoms with Crippen molar-refractivity contribution in [3.63, 3.8) is 0 Å².